The molecule has 0 aliphatic rings. The van der Waals surface area contributed by atoms with E-state index >= 15 is 0 Å². The molecule has 0 spiro atoms. The first kappa shape index (κ1) is 34.6. The molecule has 8 nitrogen and oxygen atoms in total. The average molecular weight is 643 g/mol. The van der Waals surface area contributed by atoms with Crippen LogP contribution in [0.5, 0.6) is 0 Å². The first-order valence-corrected chi connectivity index (χ1v) is 16.1. The van der Waals surface area contributed by atoms with E-state index < -0.39 is 16.3 Å². The fraction of sp³-hybridized carbons (Fsp3) is 0.243. The molecular weight excluding hydrogens is 600 g/mol. The summed E-state index contributed by atoms with van der Waals surface area (Å²) in [7, 11) is 11.0. The first-order valence-electron chi connectivity index (χ1n) is 14.9. The van der Waals surface area contributed by atoms with Crippen LogP contribution >= 0.6 is 0 Å². The van der Waals surface area contributed by atoms with Crippen LogP contribution in [-0.4, -0.2) is 62.5 Å². The van der Waals surface area contributed by atoms with Crippen molar-refractivity contribution in [1.82, 2.24) is 0 Å². The molecule has 0 bridgehead atoms. The number of anilines is 4. The number of halogens is 1. The van der Waals surface area contributed by atoms with E-state index in [9.17, 15) is 14.0 Å². The second-order valence-electron chi connectivity index (χ2n) is 11.9. The lowest BCUT2D eigenvalue weighted by atomic mass is 9.93. The minimum absolute atomic E-state index is 0.723. The molecule has 0 saturated heterocycles. The quantitative estimate of drug-likeness (QED) is 0.231. The monoisotopic (exact) mass is 642 g/mol. The lowest BCUT2D eigenvalue weighted by Gasteiger charge is -2.20. The van der Waals surface area contributed by atoms with E-state index in [0.717, 1.165) is 56.1 Å². The van der Waals surface area contributed by atoms with E-state index in [1.807, 2.05) is 173 Å². The van der Waals surface area contributed by atoms with E-state index in [2.05, 4.69) is 0 Å². The average Bonchev–Trinajstić information content (AvgIpc) is 3.02. The van der Waals surface area contributed by atoms with Crippen molar-refractivity contribution in [3.63, 3.8) is 0 Å². The van der Waals surface area contributed by atoms with Gasteiger partial charge in [-0.3, -0.25) is 0 Å². The topological polar surface area (TPSA) is 91.4 Å². The molecule has 0 aliphatic carbocycles. The van der Waals surface area contributed by atoms with Crippen LogP contribution in [-0.2, 0) is 4.29 Å². The zero-order chi connectivity index (χ0) is 33.6. The number of rotatable bonds is 12. The zero-order valence-corrected chi connectivity index (χ0v) is 28.5. The third-order valence-corrected chi connectivity index (χ3v) is 8.08. The number of benzene rings is 4. The summed E-state index contributed by atoms with van der Waals surface area (Å²) in [6.07, 6.45) is 2.17. The van der Waals surface area contributed by atoms with Crippen LogP contribution in [0.2, 0.25) is 0 Å². The van der Waals surface area contributed by atoms with E-state index in [0.29, 0.717) is 0 Å². The second-order valence-corrected chi connectivity index (χ2v) is 12.8. The molecule has 9 heteroatoms. The highest BCUT2D eigenvalue weighted by Gasteiger charge is 2.28. The molecular formula is C37H43ClN4O4. The molecule has 0 unspecified atom stereocenters. The van der Waals surface area contributed by atoms with Gasteiger partial charge in [0.2, 0.25) is 0 Å². The standard InChI is InChI=1S/C37H43ClN4O4/c1-39(2)31-17-9-27(10-18-31)36(28-11-19-32(20-12-28)40(3)4)25-35(46-38(43,44)45)26-37(29-13-21-33(22-14-29)41(5)6)30-15-23-34(24-16-30)42(7)8/h9-26,35H,1-8H3. The van der Waals surface area contributed by atoms with E-state index in [1.54, 1.807) is 12.2 Å². The van der Waals surface area contributed by atoms with Gasteiger partial charge in [0, 0.05) is 79.1 Å². The van der Waals surface area contributed by atoms with Gasteiger partial charge in [-0.15, -0.1) is 0 Å². The van der Waals surface area contributed by atoms with Crippen LogP contribution in [0.4, 0.5) is 22.7 Å². The van der Waals surface area contributed by atoms with Crippen molar-refractivity contribution in [3.05, 3.63) is 131 Å². The van der Waals surface area contributed by atoms with Gasteiger partial charge in [0.25, 0.3) is 6.10 Å². The van der Waals surface area contributed by atoms with Crippen LogP contribution in [0.3, 0.4) is 0 Å². The summed E-state index contributed by atoms with van der Waals surface area (Å²) < 4.78 is 41.7. The van der Waals surface area contributed by atoms with Gasteiger partial charge in [0.15, 0.2) is 0 Å². The highest BCUT2D eigenvalue weighted by molar-refractivity contribution is 5.84. The van der Waals surface area contributed by atoms with Crippen molar-refractivity contribution in [2.75, 3.05) is 76.0 Å². The number of hydrogen-bond donors (Lipinski definition) is 0. The molecule has 0 heterocycles. The Morgan fingerprint density at radius 3 is 0.848 bits per heavy atom. The van der Waals surface area contributed by atoms with Gasteiger partial charge in [-0.2, -0.15) is 14.0 Å². The molecule has 4 rings (SSSR count). The van der Waals surface area contributed by atoms with Gasteiger partial charge < -0.3 is 19.6 Å². The van der Waals surface area contributed by atoms with Gasteiger partial charge in [-0.25, -0.2) is 0 Å². The molecule has 0 aliphatic heterocycles. The Balaban J connectivity index is 1.94. The Hall–Kier alpha value is -4.31. The summed E-state index contributed by atoms with van der Waals surface area (Å²) in [5, 5.41) is 0. The van der Waals surface area contributed by atoms with Gasteiger partial charge in [-0.1, -0.05) is 48.5 Å². The molecule has 0 saturated carbocycles. The minimum Gasteiger partial charge on any atom is -0.378 e. The van der Waals surface area contributed by atoms with Crippen molar-refractivity contribution < 1.29 is 28.5 Å². The molecule has 0 N–H and O–H groups in total. The van der Waals surface area contributed by atoms with Crippen molar-refractivity contribution in [1.29, 1.82) is 0 Å². The maximum absolute atomic E-state index is 12.1. The van der Waals surface area contributed by atoms with E-state index in [-0.39, 0.29) is 0 Å². The third-order valence-electron chi connectivity index (χ3n) is 7.65. The lowest BCUT2D eigenvalue weighted by Crippen LogP contribution is -2.62. The Kier molecular flexibility index (Phi) is 11.2. The molecule has 242 valence electrons. The van der Waals surface area contributed by atoms with Gasteiger partial charge >= 0.3 is 0 Å². The molecule has 0 atom stereocenters. The van der Waals surface area contributed by atoms with Crippen molar-refractivity contribution in [2.24, 2.45) is 0 Å². The number of nitrogens with zero attached hydrogens (tertiary/aromatic N) is 4. The maximum Gasteiger partial charge on any atom is 0.252 e. The molecule has 0 radical (unpaired) electrons. The molecule has 4 aromatic rings. The summed E-state index contributed by atoms with van der Waals surface area (Å²) in [5.41, 5.74) is 8.90. The Bertz CT molecular complexity index is 1400. The third kappa shape index (κ3) is 9.13. The summed E-state index contributed by atoms with van der Waals surface area (Å²) in [6.45, 7) is 0. The number of hydrogen-bond acceptors (Lipinski definition) is 8. The highest BCUT2D eigenvalue weighted by atomic mass is 35.7. The Morgan fingerprint density at radius 1 is 0.457 bits per heavy atom. The summed E-state index contributed by atoms with van der Waals surface area (Å²) in [6, 6.07) is 31.8. The van der Waals surface area contributed by atoms with Crippen LogP contribution in [0.15, 0.2) is 109 Å². The first-order chi connectivity index (χ1) is 21.7. The molecule has 0 fully saturated rings. The van der Waals surface area contributed by atoms with E-state index in [1.165, 1.54) is 0 Å². The van der Waals surface area contributed by atoms with Crippen LogP contribution in [0.25, 0.3) is 11.1 Å². The summed E-state index contributed by atoms with van der Waals surface area (Å²) >= 11 is 0. The summed E-state index contributed by atoms with van der Waals surface area (Å²) in [4.78, 5) is 8.02. The molecule has 0 aromatic heterocycles. The Labute approximate surface area is 275 Å². The smallest absolute Gasteiger partial charge is 0.252 e. The van der Waals surface area contributed by atoms with Crippen LogP contribution in [0.1, 0.15) is 22.3 Å². The van der Waals surface area contributed by atoms with Crippen LogP contribution < -0.4 is 33.6 Å². The summed E-state index contributed by atoms with van der Waals surface area (Å²) in [5.74, 6) is 0. The van der Waals surface area contributed by atoms with Gasteiger partial charge in [0.1, 0.15) is 0 Å². The SMILES string of the molecule is CN(C)c1ccc(C(=CC(C=C(c2ccc(N(C)C)cc2)c2ccc(N(C)C)cc2)O[Cl+3]([O-])([O-])[O-])c2ccc(N(C)C)cc2)cc1. The lowest BCUT2D eigenvalue weighted by molar-refractivity contribution is -1.92. The van der Waals surface area contributed by atoms with Crippen molar-refractivity contribution >= 4 is 33.9 Å². The normalized spacial score (nSPS) is 11.2. The Morgan fingerprint density at radius 2 is 0.674 bits per heavy atom. The van der Waals surface area contributed by atoms with Gasteiger partial charge in [-0.05, 0) is 94.1 Å². The largest absolute Gasteiger partial charge is 0.378 e. The predicted molar refractivity (Wildman–Crippen MR) is 182 cm³/mol. The van der Waals surface area contributed by atoms with Crippen LogP contribution in [0, 0.1) is 10.2 Å². The zero-order valence-electron chi connectivity index (χ0n) is 27.8. The predicted octanol–water partition coefficient (Wildman–Crippen LogP) is 3.80. The molecule has 0 amide bonds. The fourth-order valence-corrected chi connectivity index (χ4v) is 5.38. The molecule has 4 aromatic carbocycles. The second kappa shape index (κ2) is 14.9. The van der Waals surface area contributed by atoms with E-state index in [4.69, 9.17) is 4.29 Å². The van der Waals surface area contributed by atoms with Crippen molar-refractivity contribution in [2.45, 2.75) is 6.10 Å². The maximum atomic E-state index is 12.1. The van der Waals surface area contributed by atoms with Crippen molar-refractivity contribution in [3.8, 4) is 0 Å². The highest BCUT2D eigenvalue weighted by Crippen LogP contribution is 2.32. The fourth-order valence-electron chi connectivity index (χ4n) is 5.03. The molecule has 46 heavy (non-hydrogen) atoms. The van der Waals surface area contributed by atoms with Gasteiger partial charge in [0.05, 0.1) is 14.5 Å². The minimum atomic E-state index is -4.76.